The zero-order chi connectivity index (χ0) is 19.2. The van der Waals surface area contributed by atoms with Gasteiger partial charge in [0.15, 0.2) is 11.5 Å². The molecule has 27 heavy (non-hydrogen) atoms. The Morgan fingerprint density at radius 3 is 2.74 bits per heavy atom. The maximum Gasteiger partial charge on any atom is 0.235 e. The topological polar surface area (TPSA) is 64.6 Å². The van der Waals surface area contributed by atoms with Gasteiger partial charge in [0.25, 0.3) is 0 Å². The lowest BCUT2D eigenvalue weighted by Gasteiger charge is -2.22. The number of carbonyl (C=O) groups excluding carboxylic acids is 1. The smallest absolute Gasteiger partial charge is 0.235 e. The molecule has 0 bridgehead atoms. The van der Waals surface area contributed by atoms with Crippen molar-refractivity contribution >= 4 is 28.3 Å². The minimum Gasteiger partial charge on any atom is -0.489 e. The molecular formula is C20H28ClNO4S. The minimum absolute atomic E-state index is 0.139. The quantitative estimate of drug-likeness (QED) is 0.769. The van der Waals surface area contributed by atoms with E-state index < -0.39 is 16.0 Å². The van der Waals surface area contributed by atoms with Crippen LogP contribution < -0.4 is 14.8 Å². The third-order valence-electron chi connectivity index (χ3n) is 5.22. The highest BCUT2D eigenvalue weighted by Crippen LogP contribution is 2.38. The normalized spacial score (nSPS) is 19.8. The number of ether oxygens (including phenoxy) is 2. The van der Waals surface area contributed by atoms with Crippen molar-refractivity contribution in [1.29, 1.82) is 0 Å². The van der Waals surface area contributed by atoms with Crippen LogP contribution in [0.25, 0.3) is 0 Å². The van der Waals surface area contributed by atoms with Crippen molar-refractivity contribution in [3.05, 3.63) is 22.7 Å². The molecule has 1 heterocycles. The summed E-state index contributed by atoms with van der Waals surface area (Å²) in [4.78, 5) is 12.4. The van der Waals surface area contributed by atoms with E-state index in [1.54, 1.807) is 13.0 Å². The van der Waals surface area contributed by atoms with Crippen molar-refractivity contribution in [2.75, 3.05) is 19.8 Å². The number of carbonyl (C=O) groups is 1. The van der Waals surface area contributed by atoms with Crippen LogP contribution in [0.3, 0.4) is 0 Å². The summed E-state index contributed by atoms with van der Waals surface area (Å²) in [5.74, 6) is 1.81. The molecule has 1 aromatic rings. The largest absolute Gasteiger partial charge is 0.489 e. The molecule has 2 atom stereocenters. The summed E-state index contributed by atoms with van der Waals surface area (Å²) >= 11 is 6.30. The highest BCUT2D eigenvalue weighted by molar-refractivity contribution is 7.85. The fraction of sp³-hybridized carbons (Fsp3) is 0.650. The molecule has 2 unspecified atom stereocenters. The molecule has 0 radical (unpaired) electrons. The molecule has 2 aliphatic rings. The molecule has 1 saturated carbocycles. The maximum absolute atomic E-state index is 12.7. The van der Waals surface area contributed by atoms with Crippen molar-refractivity contribution in [2.24, 2.45) is 5.92 Å². The molecule has 0 saturated heterocycles. The highest BCUT2D eigenvalue weighted by atomic mass is 35.5. The number of rotatable bonds is 6. The standard InChI is InChI=1S/C20H28ClNO4S/c1-14(20(23)22-12-15-6-3-2-4-7-15)27(24)13-16-10-17(21)19-18(11-16)25-8-5-9-26-19/h10-11,14-15H,2-9,12-13H2,1H3,(H,22,23). The molecular weight excluding hydrogens is 386 g/mol. The lowest BCUT2D eigenvalue weighted by molar-refractivity contribution is -0.120. The van der Waals surface area contributed by atoms with Crippen molar-refractivity contribution in [3.8, 4) is 11.5 Å². The summed E-state index contributed by atoms with van der Waals surface area (Å²) in [5, 5.41) is 2.87. The van der Waals surface area contributed by atoms with Crippen LogP contribution in [0.5, 0.6) is 11.5 Å². The molecule has 1 amide bonds. The van der Waals surface area contributed by atoms with Crippen LogP contribution >= 0.6 is 11.6 Å². The van der Waals surface area contributed by atoms with E-state index in [0.29, 0.717) is 42.2 Å². The Morgan fingerprint density at radius 1 is 1.22 bits per heavy atom. The molecule has 1 aliphatic carbocycles. The van der Waals surface area contributed by atoms with Crippen LogP contribution in [-0.4, -0.2) is 35.1 Å². The lowest BCUT2D eigenvalue weighted by atomic mass is 9.89. The van der Waals surface area contributed by atoms with Gasteiger partial charge in [0.2, 0.25) is 5.91 Å². The minimum atomic E-state index is -1.33. The molecule has 1 aliphatic heterocycles. The van der Waals surface area contributed by atoms with E-state index >= 15 is 0 Å². The van der Waals surface area contributed by atoms with Gasteiger partial charge in [0.1, 0.15) is 5.25 Å². The monoisotopic (exact) mass is 413 g/mol. The number of hydrogen-bond acceptors (Lipinski definition) is 4. The van der Waals surface area contributed by atoms with E-state index in [-0.39, 0.29) is 11.7 Å². The van der Waals surface area contributed by atoms with Crippen molar-refractivity contribution in [1.82, 2.24) is 5.32 Å². The van der Waals surface area contributed by atoms with E-state index in [2.05, 4.69) is 5.32 Å². The van der Waals surface area contributed by atoms with Gasteiger partial charge in [-0.25, -0.2) is 0 Å². The first-order valence-corrected chi connectivity index (χ1v) is 11.5. The lowest BCUT2D eigenvalue weighted by Crippen LogP contribution is -2.38. The van der Waals surface area contributed by atoms with Gasteiger partial charge in [0.05, 0.1) is 18.2 Å². The van der Waals surface area contributed by atoms with E-state index in [1.165, 1.54) is 32.1 Å². The van der Waals surface area contributed by atoms with Gasteiger partial charge in [-0.2, -0.15) is 0 Å². The molecule has 150 valence electrons. The fourth-order valence-corrected chi connectivity index (χ4v) is 4.91. The van der Waals surface area contributed by atoms with E-state index in [1.807, 2.05) is 6.07 Å². The van der Waals surface area contributed by atoms with Crippen molar-refractivity contribution < 1.29 is 18.5 Å². The number of fused-ring (bicyclic) bond motifs is 1. The number of hydrogen-bond donors (Lipinski definition) is 1. The van der Waals surface area contributed by atoms with Crippen molar-refractivity contribution in [2.45, 2.75) is 56.5 Å². The third-order valence-corrected chi connectivity index (χ3v) is 7.13. The first kappa shape index (κ1) is 20.5. The summed E-state index contributed by atoms with van der Waals surface area (Å²) < 4.78 is 24.0. The Labute approximate surface area is 168 Å². The Hall–Kier alpha value is -1.27. The van der Waals surface area contributed by atoms with Crippen LogP contribution in [0.4, 0.5) is 0 Å². The number of benzene rings is 1. The second-order valence-corrected chi connectivity index (χ2v) is 9.54. The summed E-state index contributed by atoms with van der Waals surface area (Å²) in [7, 11) is -1.33. The van der Waals surface area contributed by atoms with Gasteiger partial charge < -0.3 is 14.8 Å². The molecule has 1 fully saturated rings. The van der Waals surface area contributed by atoms with Crippen LogP contribution in [0.2, 0.25) is 5.02 Å². The molecule has 1 aromatic carbocycles. The zero-order valence-electron chi connectivity index (χ0n) is 15.8. The molecule has 5 nitrogen and oxygen atoms in total. The highest BCUT2D eigenvalue weighted by Gasteiger charge is 2.23. The van der Waals surface area contributed by atoms with Gasteiger partial charge in [-0.3, -0.25) is 9.00 Å². The second-order valence-electron chi connectivity index (χ2n) is 7.37. The van der Waals surface area contributed by atoms with E-state index in [4.69, 9.17) is 21.1 Å². The Balaban J connectivity index is 1.56. The first-order chi connectivity index (χ1) is 13.0. The second kappa shape index (κ2) is 9.78. The Kier molecular flexibility index (Phi) is 7.41. The summed E-state index contributed by atoms with van der Waals surface area (Å²) in [6, 6.07) is 3.57. The van der Waals surface area contributed by atoms with Crippen molar-refractivity contribution in [3.63, 3.8) is 0 Å². The number of halogens is 1. The first-order valence-electron chi connectivity index (χ1n) is 9.77. The Morgan fingerprint density at radius 2 is 1.96 bits per heavy atom. The van der Waals surface area contributed by atoms with Crippen LogP contribution in [0, 0.1) is 5.92 Å². The average molecular weight is 414 g/mol. The van der Waals surface area contributed by atoms with E-state index in [0.717, 1.165) is 12.0 Å². The molecule has 0 spiro atoms. The van der Waals surface area contributed by atoms with Crippen LogP contribution in [0.1, 0.15) is 51.0 Å². The molecule has 1 N–H and O–H groups in total. The van der Waals surface area contributed by atoms with Gasteiger partial charge in [0, 0.05) is 29.5 Å². The van der Waals surface area contributed by atoms with Gasteiger partial charge in [-0.05, 0) is 43.4 Å². The van der Waals surface area contributed by atoms with Gasteiger partial charge in [-0.1, -0.05) is 30.9 Å². The van der Waals surface area contributed by atoms with Gasteiger partial charge >= 0.3 is 0 Å². The predicted octanol–water partition coefficient (Wildman–Crippen LogP) is 3.84. The summed E-state index contributed by atoms with van der Waals surface area (Å²) in [5.41, 5.74) is 0.787. The third kappa shape index (κ3) is 5.61. The predicted molar refractivity (Wildman–Crippen MR) is 108 cm³/mol. The van der Waals surface area contributed by atoms with Crippen LogP contribution in [0.15, 0.2) is 12.1 Å². The molecule has 3 rings (SSSR count). The van der Waals surface area contributed by atoms with Crippen LogP contribution in [-0.2, 0) is 21.3 Å². The summed E-state index contributed by atoms with van der Waals surface area (Å²) in [6.07, 6.45) is 6.92. The molecule has 7 heteroatoms. The van der Waals surface area contributed by atoms with E-state index in [9.17, 15) is 9.00 Å². The number of amides is 1. The zero-order valence-corrected chi connectivity index (χ0v) is 17.4. The summed E-state index contributed by atoms with van der Waals surface area (Å²) in [6.45, 7) is 3.54. The SMILES string of the molecule is CC(C(=O)NCC1CCCCC1)S(=O)Cc1cc(Cl)c2c(c1)OCCCO2. The number of nitrogens with one attached hydrogen (secondary N) is 1. The maximum atomic E-state index is 12.7. The van der Waals surface area contributed by atoms with Gasteiger partial charge in [-0.15, -0.1) is 0 Å². The fourth-order valence-electron chi connectivity index (χ4n) is 3.56. The average Bonchev–Trinajstić information content (AvgIpc) is 2.92. The Bertz CT molecular complexity index is 691. The molecule has 0 aromatic heterocycles.